The number of nitrogens with zero attached hydrogens (tertiary/aromatic N) is 2. The molecule has 46 heavy (non-hydrogen) atoms. The lowest BCUT2D eigenvalue weighted by Crippen LogP contribution is -2.35. The maximum atomic E-state index is 16.2. The summed E-state index contributed by atoms with van der Waals surface area (Å²) in [5, 5.41) is 1.89. The Morgan fingerprint density at radius 2 is 0.870 bits per heavy atom. The minimum absolute atomic E-state index is 0.540. The summed E-state index contributed by atoms with van der Waals surface area (Å²) in [6.07, 6.45) is 7.03. The maximum Gasteiger partial charge on any atom is 0.185 e. The molecule has 0 fully saturated rings. The lowest BCUT2D eigenvalue weighted by molar-refractivity contribution is 0.464. The van der Waals surface area contributed by atoms with E-state index in [-0.39, 0.29) is 0 Å². The number of fused-ring (bicyclic) bond motifs is 4. The molecule has 0 spiro atoms. The molecule has 0 saturated heterocycles. The smallest absolute Gasteiger partial charge is 0.185 e. The van der Waals surface area contributed by atoms with Crippen LogP contribution < -0.4 is 25.4 Å². The standard InChI is InChI=1S/C40H25N2O3P/c43-46-36-13-11-30(26-7-3-1-4-8-26)23-34(36)44-38-32(28-15-19-41-20-16-28)25-33(29-17-21-42-22-18-29)39(40(38)46)45-35-24-31(12-14-37(35)46)27-9-5-2-6-10-27/h1-25H. The van der Waals surface area contributed by atoms with Gasteiger partial charge in [-0.25, -0.2) is 0 Å². The van der Waals surface area contributed by atoms with Crippen molar-refractivity contribution in [3.63, 3.8) is 0 Å². The van der Waals surface area contributed by atoms with Crippen LogP contribution >= 0.6 is 7.14 Å². The van der Waals surface area contributed by atoms with Crippen LogP contribution in [0.1, 0.15) is 0 Å². The minimum atomic E-state index is -3.51. The molecule has 0 atom stereocenters. The van der Waals surface area contributed by atoms with Crippen molar-refractivity contribution in [2.75, 3.05) is 0 Å². The first-order valence-electron chi connectivity index (χ1n) is 15.1. The summed E-state index contributed by atoms with van der Waals surface area (Å²) in [6, 6.07) is 42.2. The molecule has 2 aliphatic rings. The molecule has 4 heterocycles. The highest BCUT2D eigenvalue weighted by Crippen LogP contribution is 2.62. The Kier molecular flexibility index (Phi) is 6.02. The van der Waals surface area contributed by atoms with Crippen LogP contribution in [0.2, 0.25) is 0 Å². The molecule has 0 amide bonds. The van der Waals surface area contributed by atoms with E-state index in [9.17, 15) is 0 Å². The van der Waals surface area contributed by atoms with Crippen molar-refractivity contribution in [3.8, 4) is 67.5 Å². The van der Waals surface area contributed by atoms with Crippen molar-refractivity contribution in [2.24, 2.45) is 0 Å². The Bertz CT molecular complexity index is 2170. The van der Waals surface area contributed by atoms with E-state index in [1.165, 1.54) is 0 Å². The third-order valence-corrected chi connectivity index (χ3v) is 11.9. The summed E-state index contributed by atoms with van der Waals surface area (Å²) in [4.78, 5) is 8.51. The van der Waals surface area contributed by atoms with E-state index in [0.717, 1.165) is 44.5 Å². The van der Waals surface area contributed by atoms with E-state index in [2.05, 4.69) is 40.3 Å². The third kappa shape index (κ3) is 4.06. The summed E-state index contributed by atoms with van der Waals surface area (Å²) in [5.41, 5.74) is 7.53. The van der Waals surface area contributed by atoms with Crippen LogP contribution in [0.5, 0.6) is 23.0 Å². The predicted molar refractivity (Wildman–Crippen MR) is 183 cm³/mol. The van der Waals surface area contributed by atoms with Gasteiger partial charge in [0.2, 0.25) is 0 Å². The van der Waals surface area contributed by atoms with Crippen LogP contribution in [-0.2, 0) is 4.57 Å². The van der Waals surface area contributed by atoms with Gasteiger partial charge in [0.25, 0.3) is 0 Å². The van der Waals surface area contributed by atoms with E-state index in [1.54, 1.807) is 24.8 Å². The highest BCUT2D eigenvalue weighted by Gasteiger charge is 2.48. The van der Waals surface area contributed by atoms with Gasteiger partial charge in [0, 0.05) is 35.9 Å². The van der Waals surface area contributed by atoms with Crippen molar-refractivity contribution >= 4 is 23.1 Å². The monoisotopic (exact) mass is 612 g/mol. The van der Waals surface area contributed by atoms with Gasteiger partial charge in [-0.1, -0.05) is 72.8 Å². The molecule has 0 N–H and O–H groups in total. The zero-order chi connectivity index (χ0) is 30.7. The Morgan fingerprint density at radius 1 is 0.435 bits per heavy atom. The molecule has 7 aromatic rings. The molecule has 0 unspecified atom stereocenters. The molecule has 0 saturated carbocycles. The molecule has 0 bridgehead atoms. The number of rotatable bonds is 4. The lowest BCUT2D eigenvalue weighted by atomic mass is 9.97. The fourth-order valence-corrected chi connectivity index (χ4v) is 9.60. The first-order valence-corrected chi connectivity index (χ1v) is 16.8. The van der Waals surface area contributed by atoms with Crippen LogP contribution in [-0.4, -0.2) is 9.97 Å². The number of hydrogen-bond acceptors (Lipinski definition) is 5. The molecule has 2 aromatic heterocycles. The normalized spacial score (nSPS) is 13.4. The zero-order valence-corrected chi connectivity index (χ0v) is 25.4. The van der Waals surface area contributed by atoms with Crippen molar-refractivity contribution < 1.29 is 14.0 Å². The molecule has 0 radical (unpaired) electrons. The highest BCUT2D eigenvalue weighted by molar-refractivity contribution is 7.86. The van der Waals surface area contributed by atoms with Gasteiger partial charge in [0.05, 0.1) is 10.6 Å². The van der Waals surface area contributed by atoms with Gasteiger partial charge in [0.1, 0.15) is 28.3 Å². The Balaban J connectivity index is 1.37. The Hall–Kier alpha value is -5.77. The summed E-state index contributed by atoms with van der Waals surface area (Å²) >= 11 is 0. The van der Waals surface area contributed by atoms with E-state index in [4.69, 9.17) is 9.47 Å². The maximum absolute atomic E-state index is 16.2. The van der Waals surface area contributed by atoms with Gasteiger partial charge < -0.3 is 14.0 Å². The first-order chi connectivity index (χ1) is 22.7. The van der Waals surface area contributed by atoms with Gasteiger partial charge in [-0.2, -0.15) is 0 Å². The number of pyridine rings is 2. The lowest BCUT2D eigenvalue weighted by Gasteiger charge is -2.37. The second kappa shape index (κ2) is 10.4. The average molecular weight is 613 g/mol. The van der Waals surface area contributed by atoms with Gasteiger partial charge in [-0.3, -0.25) is 9.97 Å². The summed E-state index contributed by atoms with van der Waals surface area (Å²) in [6.45, 7) is 0. The number of hydrogen-bond donors (Lipinski definition) is 0. The highest BCUT2D eigenvalue weighted by atomic mass is 31.2. The van der Waals surface area contributed by atoms with E-state index < -0.39 is 7.14 Å². The molecule has 218 valence electrons. The van der Waals surface area contributed by atoms with Gasteiger partial charge in [-0.15, -0.1) is 0 Å². The molecule has 2 aliphatic heterocycles. The Labute approximate surface area is 266 Å². The zero-order valence-electron chi connectivity index (χ0n) is 24.5. The molecular formula is C40H25N2O3P. The molecular weight excluding hydrogens is 587 g/mol. The van der Waals surface area contributed by atoms with Gasteiger partial charge >= 0.3 is 0 Å². The minimum Gasteiger partial charge on any atom is -0.455 e. The molecule has 6 heteroatoms. The van der Waals surface area contributed by atoms with Crippen LogP contribution in [0.25, 0.3) is 44.5 Å². The Morgan fingerprint density at radius 3 is 1.30 bits per heavy atom. The van der Waals surface area contributed by atoms with Crippen LogP contribution in [0, 0.1) is 0 Å². The van der Waals surface area contributed by atoms with Crippen molar-refractivity contribution in [1.29, 1.82) is 0 Å². The average Bonchev–Trinajstić information content (AvgIpc) is 3.13. The molecule has 9 rings (SSSR count). The van der Waals surface area contributed by atoms with Gasteiger partial charge in [-0.05, 0) is 88.0 Å². The van der Waals surface area contributed by atoms with Crippen molar-refractivity contribution in [3.05, 3.63) is 152 Å². The van der Waals surface area contributed by atoms with Crippen molar-refractivity contribution in [1.82, 2.24) is 9.97 Å². The summed E-state index contributed by atoms with van der Waals surface area (Å²) < 4.78 is 29.9. The van der Waals surface area contributed by atoms with E-state index >= 15 is 4.57 Å². The first kappa shape index (κ1) is 26.6. The van der Waals surface area contributed by atoms with Crippen molar-refractivity contribution in [2.45, 2.75) is 0 Å². The second-order valence-corrected chi connectivity index (χ2v) is 14.0. The molecule has 5 aromatic carbocycles. The second-order valence-electron chi connectivity index (χ2n) is 11.4. The van der Waals surface area contributed by atoms with Crippen LogP contribution in [0.3, 0.4) is 0 Å². The van der Waals surface area contributed by atoms with Crippen LogP contribution in [0.15, 0.2) is 152 Å². The predicted octanol–water partition coefficient (Wildman–Crippen LogP) is 9.00. The third-order valence-electron chi connectivity index (χ3n) is 8.74. The quantitative estimate of drug-likeness (QED) is 0.186. The van der Waals surface area contributed by atoms with E-state index in [1.807, 2.05) is 97.1 Å². The number of benzene rings is 5. The number of aromatic nitrogens is 2. The van der Waals surface area contributed by atoms with Gasteiger partial charge in [0.15, 0.2) is 7.14 Å². The van der Waals surface area contributed by atoms with Crippen LogP contribution in [0.4, 0.5) is 0 Å². The van der Waals surface area contributed by atoms with E-state index in [0.29, 0.717) is 38.9 Å². The fraction of sp³-hybridized carbons (Fsp3) is 0. The number of ether oxygens (including phenoxy) is 2. The fourth-order valence-electron chi connectivity index (χ4n) is 6.54. The molecule has 0 aliphatic carbocycles. The SMILES string of the molecule is O=P12c3ccc(-c4ccccc4)cc3Oc3c(-c4ccncc4)cc(-c4ccncc4)c(c31)Oc1cc(-c3ccccc3)ccc12. The topological polar surface area (TPSA) is 61.3 Å². The summed E-state index contributed by atoms with van der Waals surface area (Å²) in [7, 11) is -3.51. The molecule has 5 nitrogen and oxygen atoms in total. The summed E-state index contributed by atoms with van der Waals surface area (Å²) in [5.74, 6) is 2.24. The largest absolute Gasteiger partial charge is 0.455 e.